The van der Waals surface area contributed by atoms with Crippen LogP contribution in [-0.2, 0) is 0 Å². The van der Waals surface area contributed by atoms with Gasteiger partial charge in [0.05, 0.1) is 17.5 Å². The van der Waals surface area contributed by atoms with E-state index in [1.807, 2.05) is 30.4 Å². The third-order valence-electron chi connectivity index (χ3n) is 6.26. The molecule has 1 unspecified atom stereocenters. The average molecular weight is 491 g/mol. The summed E-state index contributed by atoms with van der Waals surface area (Å²) in [7, 11) is 0. The van der Waals surface area contributed by atoms with Crippen molar-refractivity contribution in [1.82, 2.24) is 0 Å². The van der Waals surface area contributed by atoms with E-state index in [2.05, 4.69) is 102 Å². The van der Waals surface area contributed by atoms with Crippen molar-refractivity contribution in [2.45, 2.75) is 33.7 Å². The van der Waals surface area contributed by atoms with Crippen molar-refractivity contribution in [3.05, 3.63) is 83.6 Å². The zero-order valence-corrected chi connectivity index (χ0v) is 22.1. The molecule has 1 aliphatic heterocycles. The van der Waals surface area contributed by atoms with Gasteiger partial charge in [-0.05, 0) is 81.3 Å². The quantitative estimate of drug-likeness (QED) is 0.391. The van der Waals surface area contributed by atoms with Gasteiger partial charge in [0.15, 0.2) is 11.8 Å². The van der Waals surface area contributed by atoms with Crippen LogP contribution < -0.4 is 9.80 Å². The van der Waals surface area contributed by atoms with Crippen molar-refractivity contribution in [3.63, 3.8) is 0 Å². The molecule has 0 saturated heterocycles. The van der Waals surface area contributed by atoms with Crippen LogP contribution in [0.2, 0.25) is 0 Å². The number of allylic oxidation sites excluding steroid dienone is 3. The number of nitriles is 2. The van der Waals surface area contributed by atoms with Crippen LogP contribution in [0.5, 0.6) is 0 Å². The fourth-order valence-corrected chi connectivity index (χ4v) is 4.12. The third-order valence-corrected chi connectivity index (χ3v) is 6.26. The molecule has 0 fully saturated rings. The van der Waals surface area contributed by atoms with Gasteiger partial charge in [0.25, 0.3) is 0 Å². The summed E-state index contributed by atoms with van der Waals surface area (Å²) < 4.78 is 0. The fraction of sp³-hybridized carbons (Fsp3) is 0.290. The number of aliphatic imine (C=N–C) groups is 2. The van der Waals surface area contributed by atoms with E-state index < -0.39 is 6.04 Å². The Hall–Kier alpha value is -4.42. The van der Waals surface area contributed by atoms with E-state index in [0.717, 1.165) is 37.3 Å². The zero-order chi connectivity index (χ0) is 26.6. The molecule has 1 aliphatic rings. The van der Waals surface area contributed by atoms with E-state index in [4.69, 9.17) is 0 Å². The van der Waals surface area contributed by atoms with Crippen molar-refractivity contribution in [2.75, 3.05) is 36.0 Å². The molecule has 6 nitrogen and oxygen atoms in total. The molecule has 0 radical (unpaired) electrons. The first-order valence-electron chi connectivity index (χ1n) is 12.8. The van der Waals surface area contributed by atoms with Crippen LogP contribution in [-0.4, -0.2) is 43.6 Å². The van der Waals surface area contributed by atoms with Gasteiger partial charge in [-0.25, -0.2) is 4.99 Å². The number of rotatable bonds is 10. The minimum atomic E-state index is -0.940. The molecule has 37 heavy (non-hydrogen) atoms. The van der Waals surface area contributed by atoms with E-state index in [0.29, 0.717) is 11.4 Å². The number of anilines is 2. The third kappa shape index (κ3) is 7.29. The molecule has 0 saturated carbocycles. The number of benzene rings is 2. The van der Waals surface area contributed by atoms with Gasteiger partial charge in [0.2, 0.25) is 0 Å². The second-order valence-corrected chi connectivity index (χ2v) is 8.46. The molecule has 6 heteroatoms. The maximum Gasteiger partial charge on any atom is 0.189 e. The van der Waals surface area contributed by atoms with Crippen LogP contribution in [0, 0.1) is 22.7 Å². The van der Waals surface area contributed by atoms with Crippen LogP contribution in [0.1, 0.15) is 38.8 Å². The summed E-state index contributed by atoms with van der Waals surface area (Å²) >= 11 is 0. The Kier molecular flexibility index (Phi) is 10.00. The Balaban J connectivity index is 1.85. The Morgan fingerprint density at radius 1 is 0.730 bits per heavy atom. The van der Waals surface area contributed by atoms with E-state index in [9.17, 15) is 10.5 Å². The van der Waals surface area contributed by atoms with Gasteiger partial charge in [-0.2, -0.15) is 10.5 Å². The van der Waals surface area contributed by atoms with Gasteiger partial charge in [0.1, 0.15) is 6.07 Å². The molecule has 0 aliphatic carbocycles. The predicted molar refractivity (Wildman–Crippen MR) is 156 cm³/mol. The molecule has 0 aromatic heterocycles. The predicted octanol–water partition coefficient (Wildman–Crippen LogP) is 6.30. The summed E-state index contributed by atoms with van der Waals surface area (Å²) in [6, 6.07) is 19.8. The second kappa shape index (κ2) is 13.6. The van der Waals surface area contributed by atoms with Crippen LogP contribution in [0.25, 0.3) is 12.2 Å². The summed E-state index contributed by atoms with van der Waals surface area (Å²) in [5.74, 6) is 0. The van der Waals surface area contributed by atoms with Gasteiger partial charge in [0, 0.05) is 37.6 Å². The number of hydrogen-bond donors (Lipinski definition) is 0. The second-order valence-electron chi connectivity index (χ2n) is 8.46. The smallest absolute Gasteiger partial charge is 0.189 e. The van der Waals surface area contributed by atoms with Crippen LogP contribution in [0.3, 0.4) is 0 Å². The van der Waals surface area contributed by atoms with E-state index in [-0.39, 0.29) is 5.71 Å². The Bertz CT molecular complexity index is 1270. The molecule has 188 valence electrons. The lowest BCUT2D eigenvalue weighted by molar-refractivity contribution is 0.866. The van der Waals surface area contributed by atoms with Crippen molar-refractivity contribution < 1.29 is 0 Å². The van der Waals surface area contributed by atoms with Crippen molar-refractivity contribution in [1.29, 1.82) is 10.5 Å². The molecular formula is C31H34N6. The van der Waals surface area contributed by atoms with Crippen molar-refractivity contribution in [2.24, 2.45) is 9.98 Å². The lowest BCUT2D eigenvalue weighted by Crippen LogP contribution is -2.21. The lowest BCUT2D eigenvalue weighted by atomic mass is 10.1. The first-order valence-corrected chi connectivity index (χ1v) is 12.8. The SMILES string of the molecule is CCN(CC)c1ccc(C=CC2=CC(C=Cc3ccc(N(CC)CC)cc3)=NC(C#N)C(C#N)=N2)cc1. The normalized spacial score (nSPS) is 15.4. The van der Waals surface area contributed by atoms with E-state index in [1.54, 1.807) is 6.08 Å². The van der Waals surface area contributed by atoms with Crippen LogP contribution >= 0.6 is 0 Å². The molecule has 0 amide bonds. The highest BCUT2D eigenvalue weighted by Gasteiger charge is 2.17. The summed E-state index contributed by atoms with van der Waals surface area (Å²) in [6.07, 6.45) is 9.43. The molecule has 3 rings (SSSR count). The maximum absolute atomic E-state index is 9.59. The average Bonchev–Trinajstić information content (AvgIpc) is 3.12. The van der Waals surface area contributed by atoms with Crippen LogP contribution in [0.4, 0.5) is 11.4 Å². The summed E-state index contributed by atoms with van der Waals surface area (Å²) in [4.78, 5) is 13.5. The van der Waals surface area contributed by atoms with E-state index in [1.165, 1.54) is 11.4 Å². The molecule has 1 atom stereocenters. The first kappa shape index (κ1) is 27.2. The highest BCUT2D eigenvalue weighted by Crippen LogP contribution is 2.19. The van der Waals surface area contributed by atoms with Gasteiger partial charge in [-0.1, -0.05) is 36.4 Å². The van der Waals surface area contributed by atoms with Crippen molar-refractivity contribution in [3.8, 4) is 12.1 Å². The van der Waals surface area contributed by atoms with E-state index >= 15 is 0 Å². The molecule has 2 aromatic carbocycles. The van der Waals surface area contributed by atoms with Crippen molar-refractivity contribution >= 4 is 35.0 Å². The largest absolute Gasteiger partial charge is 0.372 e. The Labute approximate surface area is 220 Å². The monoisotopic (exact) mass is 490 g/mol. The van der Waals surface area contributed by atoms with Gasteiger partial charge < -0.3 is 9.80 Å². The maximum atomic E-state index is 9.59. The lowest BCUT2D eigenvalue weighted by Gasteiger charge is -2.20. The molecule has 0 spiro atoms. The minimum Gasteiger partial charge on any atom is -0.372 e. The molecule has 0 N–H and O–H groups in total. The van der Waals surface area contributed by atoms with Gasteiger partial charge in [-0.3, -0.25) is 4.99 Å². The zero-order valence-electron chi connectivity index (χ0n) is 22.1. The molecule has 0 bridgehead atoms. The number of hydrogen-bond acceptors (Lipinski definition) is 6. The highest BCUT2D eigenvalue weighted by atomic mass is 15.1. The molecule has 1 heterocycles. The highest BCUT2D eigenvalue weighted by molar-refractivity contribution is 6.13. The van der Waals surface area contributed by atoms with Gasteiger partial charge >= 0.3 is 0 Å². The summed E-state index contributed by atoms with van der Waals surface area (Å²) in [5.41, 5.74) is 5.66. The Morgan fingerprint density at radius 3 is 1.65 bits per heavy atom. The standard InChI is InChI=1S/C31H34N6/c1-5-36(6-2)28-17-11-24(12-18-28)9-15-26-21-27(35-31(23-33)30(22-32)34-26)16-10-25-13-19-29(20-14-25)37(7-3)8-4/h9-21,30H,5-8H2,1-4H3. The minimum absolute atomic E-state index is 0.0854. The molecular weight excluding hydrogens is 456 g/mol. The Morgan fingerprint density at radius 2 is 1.22 bits per heavy atom. The van der Waals surface area contributed by atoms with Gasteiger partial charge in [-0.15, -0.1) is 0 Å². The molecule has 2 aromatic rings. The first-order chi connectivity index (χ1) is 18.0. The summed E-state index contributed by atoms with van der Waals surface area (Å²) in [6.45, 7) is 12.4. The topological polar surface area (TPSA) is 78.8 Å². The number of nitrogens with zero attached hydrogens (tertiary/aromatic N) is 6. The fourth-order valence-electron chi connectivity index (χ4n) is 4.12. The van der Waals surface area contributed by atoms with Crippen LogP contribution in [0.15, 0.2) is 82.4 Å². The summed E-state index contributed by atoms with van der Waals surface area (Å²) in [5, 5.41) is 19.2.